The molecular weight excluding hydrogens is 418 g/mol. The van der Waals surface area contributed by atoms with Crippen LogP contribution in [0.5, 0.6) is 11.5 Å². The van der Waals surface area contributed by atoms with Crippen LogP contribution in [-0.2, 0) is 9.59 Å². The van der Waals surface area contributed by atoms with Gasteiger partial charge in [-0.1, -0.05) is 30.3 Å². The summed E-state index contributed by atoms with van der Waals surface area (Å²) in [5.41, 5.74) is 2.64. The van der Waals surface area contributed by atoms with Crippen molar-refractivity contribution in [3.63, 3.8) is 0 Å². The fourth-order valence-electron chi connectivity index (χ4n) is 4.08. The fourth-order valence-corrected chi connectivity index (χ4v) is 4.08. The number of Topliss-reactive ketones (excluding diaryl/α,β-unsaturated/α-hetero) is 1. The molecule has 1 atom stereocenters. The van der Waals surface area contributed by atoms with Crippen LogP contribution in [0.4, 0.5) is 5.69 Å². The van der Waals surface area contributed by atoms with E-state index in [2.05, 4.69) is 0 Å². The van der Waals surface area contributed by atoms with Crippen LogP contribution in [0.1, 0.15) is 29.7 Å². The maximum atomic E-state index is 13.3. The van der Waals surface area contributed by atoms with Crippen molar-refractivity contribution in [3.05, 3.63) is 95.1 Å². The van der Waals surface area contributed by atoms with Gasteiger partial charge in [0.05, 0.1) is 25.3 Å². The number of benzene rings is 3. The van der Waals surface area contributed by atoms with Gasteiger partial charge in [-0.3, -0.25) is 14.5 Å². The van der Waals surface area contributed by atoms with Crippen molar-refractivity contribution in [2.24, 2.45) is 0 Å². The average molecular weight is 443 g/mol. The van der Waals surface area contributed by atoms with E-state index >= 15 is 0 Å². The highest BCUT2D eigenvalue weighted by Crippen LogP contribution is 2.43. The van der Waals surface area contributed by atoms with Crippen molar-refractivity contribution in [2.75, 3.05) is 18.6 Å². The van der Waals surface area contributed by atoms with Crippen molar-refractivity contribution in [1.82, 2.24) is 0 Å². The molecule has 1 unspecified atom stereocenters. The third-order valence-corrected chi connectivity index (χ3v) is 5.70. The van der Waals surface area contributed by atoms with Gasteiger partial charge < -0.3 is 14.6 Å². The van der Waals surface area contributed by atoms with Crippen LogP contribution < -0.4 is 14.4 Å². The maximum absolute atomic E-state index is 13.3. The number of anilines is 1. The number of amides is 1. The van der Waals surface area contributed by atoms with E-state index in [4.69, 9.17) is 9.47 Å². The molecule has 4 rings (SSSR count). The predicted octanol–water partition coefficient (Wildman–Crippen LogP) is 5.03. The third-order valence-electron chi connectivity index (χ3n) is 5.70. The summed E-state index contributed by atoms with van der Waals surface area (Å²) in [4.78, 5) is 27.9. The Hall–Kier alpha value is -4.06. The minimum absolute atomic E-state index is 0.0429. The predicted molar refractivity (Wildman–Crippen MR) is 127 cm³/mol. The minimum atomic E-state index is -0.787. The first-order valence-electron chi connectivity index (χ1n) is 10.7. The normalized spacial score (nSPS) is 17.3. The van der Waals surface area contributed by atoms with Crippen LogP contribution in [0.3, 0.4) is 0 Å². The number of aliphatic hydroxyl groups excluding tert-OH is 1. The molecule has 0 saturated carbocycles. The highest BCUT2D eigenvalue weighted by atomic mass is 16.5. The average Bonchev–Trinajstić information content (AvgIpc) is 3.10. The molecular formula is C27H25NO5. The molecule has 0 radical (unpaired) electrons. The number of methoxy groups -OCH3 is 1. The second-order valence-electron chi connectivity index (χ2n) is 7.68. The van der Waals surface area contributed by atoms with Gasteiger partial charge in [0.25, 0.3) is 11.7 Å². The lowest BCUT2D eigenvalue weighted by Crippen LogP contribution is -2.29. The Bertz CT molecular complexity index is 1230. The van der Waals surface area contributed by atoms with Gasteiger partial charge in [0.15, 0.2) is 0 Å². The van der Waals surface area contributed by atoms with Gasteiger partial charge in [-0.15, -0.1) is 0 Å². The molecule has 3 aromatic carbocycles. The molecule has 1 fully saturated rings. The Labute approximate surface area is 192 Å². The van der Waals surface area contributed by atoms with Crippen LogP contribution >= 0.6 is 0 Å². The standard InChI is InChI=1S/C27H25NO5/c1-4-33-20-14-12-18(13-15-20)25(29)23-24(22-11-6-5-8-17(22)2)28(27(31)26(23)30)19-9-7-10-21(16-19)32-3/h5-16,24,29H,4H2,1-3H3/b25-23+. The van der Waals surface area contributed by atoms with E-state index in [0.29, 0.717) is 29.4 Å². The number of hydrogen-bond donors (Lipinski definition) is 1. The number of carbonyl (C=O) groups excluding carboxylic acids is 2. The molecule has 6 heteroatoms. The number of ketones is 1. The first kappa shape index (κ1) is 22.1. The molecule has 1 aliphatic rings. The summed E-state index contributed by atoms with van der Waals surface area (Å²) in [5, 5.41) is 11.2. The van der Waals surface area contributed by atoms with E-state index in [1.54, 1.807) is 48.5 Å². The number of hydrogen-bond acceptors (Lipinski definition) is 5. The summed E-state index contributed by atoms with van der Waals surface area (Å²) in [6, 6.07) is 20.5. The minimum Gasteiger partial charge on any atom is -0.507 e. The van der Waals surface area contributed by atoms with Gasteiger partial charge in [0.2, 0.25) is 0 Å². The van der Waals surface area contributed by atoms with Crippen LogP contribution in [0.15, 0.2) is 78.4 Å². The molecule has 168 valence electrons. The first-order valence-corrected chi connectivity index (χ1v) is 10.7. The second kappa shape index (κ2) is 9.20. The Morgan fingerprint density at radius 2 is 1.70 bits per heavy atom. The molecule has 1 aliphatic heterocycles. The largest absolute Gasteiger partial charge is 0.507 e. The Balaban J connectivity index is 1.91. The van der Waals surface area contributed by atoms with Crippen molar-refractivity contribution in [3.8, 4) is 11.5 Å². The summed E-state index contributed by atoms with van der Waals surface area (Å²) in [6.45, 7) is 4.32. The first-order chi connectivity index (χ1) is 16.0. The number of aryl methyl sites for hydroxylation is 1. The summed E-state index contributed by atoms with van der Waals surface area (Å²) in [7, 11) is 1.54. The smallest absolute Gasteiger partial charge is 0.300 e. The van der Waals surface area contributed by atoms with Gasteiger partial charge in [-0.05, 0) is 61.4 Å². The van der Waals surface area contributed by atoms with E-state index in [1.807, 2.05) is 38.1 Å². The molecule has 0 bridgehead atoms. The van der Waals surface area contributed by atoms with E-state index < -0.39 is 17.7 Å². The number of nitrogens with zero attached hydrogens (tertiary/aromatic N) is 1. The summed E-state index contributed by atoms with van der Waals surface area (Å²) < 4.78 is 10.8. The summed E-state index contributed by atoms with van der Waals surface area (Å²) in [5.74, 6) is -0.456. The summed E-state index contributed by atoms with van der Waals surface area (Å²) >= 11 is 0. The number of rotatable bonds is 6. The number of carbonyl (C=O) groups is 2. The second-order valence-corrected chi connectivity index (χ2v) is 7.68. The quantitative estimate of drug-likeness (QED) is 0.329. The molecule has 1 amide bonds. The van der Waals surface area contributed by atoms with Gasteiger partial charge in [0.1, 0.15) is 17.3 Å². The van der Waals surface area contributed by atoms with Crippen molar-refractivity contribution < 1.29 is 24.2 Å². The monoisotopic (exact) mass is 443 g/mol. The van der Waals surface area contributed by atoms with Gasteiger partial charge in [-0.2, -0.15) is 0 Å². The molecule has 1 saturated heterocycles. The molecule has 1 heterocycles. The van der Waals surface area contributed by atoms with Crippen LogP contribution in [-0.4, -0.2) is 30.5 Å². The van der Waals surface area contributed by atoms with E-state index in [-0.39, 0.29) is 11.3 Å². The van der Waals surface area contributed by atoms with Crippen LogP contribution in [0, 0.1) is 6.92 Å². The molecule has 1 N–H and O–H groups in total. The molecule has 6 nitrogen and oxygen atoms in total. The topological polar surface area (TPSA) is 76.1 Å². The fraction of sp³-hybridized carbons (Fsp3) is 0.185. The molecule has 3 aromatic rings. The van der Waals surface area contributed by atoms with Crippen LogP contribution in [0.25, 0.3) is 5.76 Å². The Kier molecular flexibility index (Phi) is 6.18. The van der Waals surface area contributed by atoms with E-state index in [9.17, 15) is 14.7 Å². The van der Waals surface area contributed by atoms with E-state index in [1.165, 1.54) is 12.0 Å². The zero-order valence-electron chi connectivity index (χ0n) is 18.7. The van der Waals surface area contributed by atoms with Crippen molar-refractivity contribution >= 4 is 23.1 Å². The Morgan fingerprint density at radius 1 is 0.970 bits per heavy atom. The maximum Gasteiger partial charge on any atom is 0.300 e. The van der Waals surface area contributed by atoms with Crippen LogP contribution in [0.2, 0.25) is 0 Å². The third kappa shape index (κ3) is 4.07. The van der Waals surface area contributed by atoms with Gasteiger partial charge in [-0.25, -0.2) is 0 Å². The van der Waals surface area contributed by atoms with Crippen molar-refractivity contribution in [1.29, 1.82) is 0 Å². The lowest BCUT2D eigenvalue weighted by atomic mass is 9.92. The highest BCUT2D eigenvalue weighted by molar-refractivity contribution is 6.51. The summed E-state index contributed by atoms with van der Waals surface area (Å²) in [6.07, 6.45) is 0. The highest BCUT2D eigenvalue weighted by Gasteiger charge is 2.47. The zero-order valence-corrected chi connectivity index (χ0v) is 18.7. The van der Waals surface area contributed by atoms with E-state index in [0.717, 1.165) is 11.1 Å². The van der Waals surface area contributed by atoms with Gasteiger partial charge >= 0.3 is 0 Å². The molecule has 33 heavy (non-hydrogen) atoms. The molecule has 0 spiro atoms. The number of aliphatic hydroxyl groups is 1. The Morgan fingerprint density at radius 3 is 2.36 bits per heavy atom. The lowest BCUT2D eigenvalue weighted by molar-refractivity contribution is -0.132. The SMILES string of the molecule is CCOc1ccc(/C(O)=C2\C(=O)C(=O)N(c3cccc(OC)c3)C2c2ccccc2C)cc1. The molecule has 0 aliphatic carbocycles. The van der Waals surface area contributed by atoms with Gasteiger partial charge in [0, 0.05) is 17.3 Å². The molecule has 0 aromatic heterocycles. The zero-order chi connectivity index (χ0) is 23.5. The van der Waals surface area contributed by atoms with Crippen molar-refractivity contribution in [2.45, 2.75) is 19.9 Å². The lowest BCUT2D eigenvalue weighted by Gasteiger charge is -2.27. The number of ether oxygens (including phenoxy) is 2.